The molecule has 1 aliphatic rings. The van der Waals surface area contributed by atoms with Crippen molar-refractivity contribution >= 4 is 34.6 Å². The van der Waals surface area contributed by atoms with E-state index in [-0.39, 0.29) is 23.4 Å². The van der Waals surface area contributed by atoms with Crippen LogP contribution in [0.2, 0.25) is 0 Å². The van der Waals surface area contributed by atoms with E-state index in [0.717, 1.165) is 6.42 Å². The summed E-state index contributed by atoms with van der Waals surface area (Å²) >= 11 is 0. The number of H-pyrrole nitrogens is 1. The Labute approximate surface area is 246 Å². The zero-order valence-electron chi connectivity index (χ0n) is 25.2. The predicted molar refractivity (Wildman–Crippen MR) is 156 cm³/mol. The van der Waals surface area contributed by atoms with Crippen LogP contribution in [0.25, 0.3) is 10.9 Å². The molecule has 3 rings (SSSR count). The molecule has 2 aromatic rings. The van der Waals surface area contributed by atoms with Crippen LogP contribution >= 0.6 is 0 Å². The first kappa shape index (κ1) is 32.9. The molecular weight excluding hydrogens is 544 g/mol. The number of aromatic nitrogens is 1. The third-order valence-corrected chi connectivity index (χ3v) is 6.95. The summed E-state index contributed by atoms with van der Waals surface area (Å²) in [4.78, 5) is 54.8. The number of rotatable bonds is 15. The van der Waals surface area contributed by atoms with Gasteiger partial charge >= 0.3 is 5.97 Å². The Morgan fingerprint density at radius 1 is 1.05 bits per heavy atom. The second kappa shape index (κ2) is 15.5. The molecule has 42 heavy (non-hydrogen) atoms. The maximum Gasteiger partial charge on any atom is 0.328 e. The van der Waals surface area contributed by atoms with Gasteiger partial charge in [-0.1, -0.05) is 26.8 Å². The van der Waals surface area contributed by atoms with E-state index >= 15 is 0 Å². The molecule has 0 bridgehead atoms. The molecule has 0 aliphatic carbocycles. The molecule has 0 spiro atoms. The molecule has 12 nitrogen and oxygen atoms in total. The number of esters is 1. The van der Waals surface area contributed by atoms with E-state index in [1.54, 1.807) is 13.2 Å². The summed E-state index contributed by atoms with van der Waals surface area (Å²) in [5.41, 5.74) is 0.630. The van der Waals surface area contributed by atoms with Crippen LogP contribution in [0.4, 0.5) is 0 Å². The SMILES string of the molecule is COCCOCCOc1cccc2[nH]c(C(=O)N[C@@H](CC(C)(C)C)C(=O)N[C@@H](C[C@@H]3CCCNC3=O)C(=O)OC)cc12. The lowest BCUT2D eigenvalue weighted by atomic mass is 9.87. The molecule has 0 radical (unpaired) electrons. The van der Waals surface area contributed by atoms with Crippen LogP contribution in [0.1, 0.15) is 56.9 Å². The Balaban J connectivity index is 1.72. The monoisotopic (exact) mass is 588 g/mol. The molecule has 3 amide bonds. The maximum atomic E-state index is 13.5. The molecular formula is C30H44N4O8. The highest BCUT2D eigenvalue weighted by Gasteiger charge is 2.34. The molecule has 1 saturated heterocycles. The molecule has 1 aromatic heterocycles. The van der Waals surface area contributed by atoms with E-state index in [9.17, 15) is 19.2 Å². The second-order valence-corrected chi connectivity index (χ2v) is 11.6. The van der Waals surface area contributed by atoms with Crippen LogP contribution < -0.4 is 20.7 Å². The summed E-state index contributed by atoms with van der Waals surface area (Å²) in [6.45, 7) is 8.14. The third kappa shape index (κ3) is 9.73. The van der Waals surface area contributed by atoms with Crippen molar-refractivity contribution in [1.82, 2.24) is 20.9 Å². The molecule has 12 heteroatoms. The predicted octanol–water partition coefficient (Wildman–Crippen LogP) is 2.32. The highest BCUT2D eigenvalue weighted by molar-refractivity contribution is 6.01. The summed E-state index contributed by atoms with van der Waals surface area (Å²) in [6.07, 6.45) is 1.83. The number of carbonyl (C=O) groups excluding carboxylic acids is 4. The fourth-order valence-electron chi connectivity index (χ4n) is 4.86. The third-order valence-electron chi connectivity index (χ3n) is 6.95. The second-order valence-electron chi connectivity index (χ2n) is 11.6. The minimum atomic E-state index is -1.03. The lowest BCUT2D eigenvalue weighted by Gasteiger charge is -2.29. The van der Waals surface area contributed by atoms with Crippen LogP contribution in [0.15, 0.2) is 24.3 Å². The number of ether oxygens (including phenoxy) is 4. The fraction of sp³-hybridized carbons (Fsp3) is 0.600. The van der Waals surface area contributed by atoms with E-state index in [2.05, 4.69) is 20.9 Å². The van der Waals surface area contributed by atoms with Crippen molar-refractivity contribution in [1.29, 1.82) is 0 Å². The van der Waals surface area contributed by atoms with Gasteiger partial charge < -0.3 is 39.9 Å². The maximum absolute atomic E-state index is 13.5. The number of fused-ring (bicyclic) bond motifs is 1. The normalized spacial score (nSPS) is 16.8. The van der Waals surface area contributed by atoms with Gasteiger partial charge in [-0.3, -0.25) is 14.4 Å². The van der Waals surface area contributed by atoms with E-state index < -0.39 is 35.8 Å². The summed E-state index contributed by atoms with van der Waals surface area (Å²) in [5, 5.41) is 9.08. The summed E-state index contributed by atoms with van der Waals surface area (Å²) < 4.78 is 21.2. The average molecular weight is 589 g/mol. The number of carbonyl (C=O) groups is 4. The number of nitrogens with one attached hydrogen (secondary N) is 4. The Bertz CT molecular complexity index is 1220. The number of hydrogen-bond donors (Lipinski definition) is 4. The lowest BCUT2D eigenvalue weighted by Crippen LogP contribution is -2.54. The van der Waals surface area contributed by atoms with Gasteiger partial charge in [0.25, 0.3) is 5.91 Å². The fourth-order valence-corrected chi connectivity index (χ4v) is 4.86. The number of aromatic amines is 1. The molecule has 4 N–H and O–H groups in total. The Kier molecular flexibility index (Phi) is 12.2. The van der Waals surface area contributed by atoms with Crippen molar-refractivity contribution in [2.75, 3.05) is 47.2 Å². The summed E-state index contributed by atoms with van der Waals surface area (Å²) in [7, 11) is 2.84. The van der Waals surface area contributed by atoms with Crippen LogP contribution in [0.3, 0.4) is 0 Å². The zero-order valence-corrected chi connectivity index (χ0v) is 25.2. The van der Waals surface area contributed by atoms with Gasteiger partial charge in [0.1, 0.15) is 30.1 Å². The van der Waals surface area contributed by atoms with Crippen molar-refractivity contribution in [3.8, 4) is 5.75 Å². The van der Waals surface area contributed by atoms with Gasteiger partial charge in [0.15, 0.2) is 0 Å². The van der Waals surface area contributed by atoms with Crippen molar-refractivity contribution in [3.05, 3.63) is 30.0 Å². The smallest absolute Gasteiger partial charge is 0.328 e. The van der Waals surface area contributed by atoms with Crippen LogP contribution in [-0.4, -0.2) is 88.0 Å². The van der Waals surface area contributed by atoms with Gasteiger partial charge in [-0.25, -0.2) is 4.79 Å². The van der Waals surface area contributed by atoms with Gasteiger partial charge in [-0.2, -0.15) is 0 Å². The zero-order chi connectivity index (χ0) is 30.7. The van der Waals surface area contributed by atoms with Crippen molar-refractivity contribution in [3.63, 3.8) is 0 Å². The molecule has 0 unspecified atom stereocenters. The number of amides is 3. The van der Waals surface area contributed by atoms with Gasteiger partial charge in [0.2, 0.25) is 11.8 Å². The van der Waals surface area contributed by atoms with Crippen LogP contribution in [-0.2, 0) is 28.6 Å². The first-order valence-electron chi connectivity index (χ1n) is 14.3. The van der Waals surface area contributed by atoms with E-state index in [1.165, 1.54) is 7.11 Å². The number of piperidine rings is 1. The van der Waals surface area contributed by atoms with Gasteiger partial charge in [0, 0.05) is 30.5 Å². The van der Waals surface area contributed by atoms with Gasteiger partial charge in [-0.05, 0) is 49.3 Å². The Morgan fingerprint density at radius 3 is 2.50 bits per heavy atom. The quantitative estimate of drug-likeness (QED) is 0.182. The van der Waals surface area contributed by atoms with Crippen molar-refractivity contribution in [2.24, 2.45) is 11.3 Å². The summed E-state index contributed by atoms with van der Waals surface area (Å²) in [6, 6.07) is 5.16. The van der Waals surface area contributed by atoms with Gasteiger partial charge in [-0.15, -0.1) is 0 Å². The number of benzene rings is 1. The van der Waals surface area contributed by atoms with E-state index in [0.29, 0.717) is 62.5 Å². The minimum Gasteiger partial charge on any atom is -0.490 e. The first-order valence-corrected chi connectivity index (χ1v) is 14.3. The summed E-state index contributed by atoms with van der Waals surface area (Å²) in [5.74, 6) is -1.63. The molecule has 232 valence electrons. The van der Waals surface area contributed by atoms with E-state index in [4.69, 9.17) is 18.9 Å². The molecule has 2 heterocycles. The number of methoxy groups -OCH3 is 2. The highest BCUT2D eigenvalue weighted by Crippen LogP contribution is 2.27. The Morgan fingerprint density at radius 2 is 1.81 bits per heavy atom. The Hall–Kier alpha value is -3.64. The standard InChI is InChI=1S/C30H44N4O8/c1-30(2,3)18-24(28(37)33-23(29(38)40-5)16-19-8-7-11-31-26(19)35)34-27(36)22-17-20-21(32-22)9-6-10-25(20)42-15-14-41-13-12-39-4/h6,9-10,17,19,23-24,32H,7-8,11-16,18H2,1-5H3,(H,31,35)(H,33,37)(H,34,36)/t19-,23-,24-/m0/s1. The van der Waals surface area contributed by atoms with E-state index in [1.807, 2.05) is 39.0 Å². The minimum absolute atomic E-state index is 0.114. The van der Waals surface area contributed by atoms with Crippen LogP contribution in [0.5, 0.6) is 5.75 Å². The van der Waals surface area contributed by atoms with Gasteiger partial charge in [0.05, 0.1) is 26.9 Å². The first-order chi connectivity index (χ1) is 20.0. The van der Waals surface area contributed by atoms with Crippen LogP contribution in [0, 0.1) is 11.3 Å². The molecule has 1 fully saturated rings. The molecule has 1 aliphatic heterocycles. The topological polar surface area (TPSA) is 157 Å². The van der Waals surface area contributed by atoms with Crippen molar-refractivity contribution < 1.29 is 38.1 Å². The largest absolute Gasteiger partial charge is 0.490 e. The highest BCUT2D eigenvalue weighted by atomic mass is 16.5. The lowest BCUT2D eigenvalue weighted by molar-refractivity contribution is -0.146. The molecule has 1 aromatic carbocycles. The number of hydrogen-bond acceptors (Lipinski definition) is 8. The molecule has 3 atom stereocenters. The van der Waals surface area contributed by atoms with Crippen molar-refractivity contribution in [2.45, 2.75) is 58.5 Å². The average Bonchev–Trinajstić information content (AvgIpc) is 3.39. The molecule has 0 saturated carbocycles.